The average molecular weight is 1040 g/mol. The minimum absolute atomic E-state index is 0.0196. The third-order valence-corrected chi connectivity index (χ3v) is 13.0. The van der Waals surface area contributed by atoms with E-state index in [2.05, 4.69) is 103 Å². The normalized spacial score (nSPS) is 12.5. The molecule has 0 fully saturated rings. The van der Waals surface area contributed by atoms with E-state index in [1.165, 1.54) is 12.8 Å². The zero-order valence-corrected chi connectivity index (χ0v) is 48.3. The van der Waals surface area contributed by atoms with E-state index in [1.807, 2.05) is 45.8 Å². The number of hydrogen-bond donors (Lipinski definition) is 4. The number of amides is 4. The molecule has 0 saturated carbocycles. The van der Waals surface area contributed by atoms with Gasteiger partial charge in [0.05, 0.1) is 57.0 Å². The second-order valence-electron chi connectivity index (χ2n) is 21.2. The molecule has 4 N–H and O–H groups in total. The van der Waals surface area contributed by atoms with Crippen LogP contribution in [0.5, 0.6) is 23.0 Å². The van der Waals surface area contributed by atoms with Gasteiger partial charge in [0.25, 0.3) is 11.8 Å². The minimum Gasteiger partial charge on any atom is -0.496 e. The van der Waals surface area contributed by atoms with Crippen LogP contribution in [0.4, 0.5) is 0 Å². The molecule has 4 aromatic rings. The second kappa shape index (κ2) is 33.1. The van der Waals surface area contributed by atoms with Crippen LogP contribution >= 0.6 is 0 Å². The zero-order chi connectivity index (χ0) is 55.6. The first-order chi connectivity index (χ1) is 35.8. The maximum atomic E-state index is 13.5. The molecule has 2 aromatic carbocycles. The summed E-state index contributed by atoms with van der Waals surface area (Å²) in [7, 11) is 6.45. The Morgan fingerprint density at radius 1 is 0.533 bits per heavy atom. The summed E-state index contributed by atoms with van der Waals surface area (Å²) in [5.41, 5.74) is 3.60. The van der Waals surface area contributed by atoms with Gasteiger partial charge in [-0.3, -0.25) is 28.5 Å². The van der Waals surface area contributed by atoms with E-state index >= 15 is 0 Å². The van der Waals surface area contributed by atoms with Crippen molar-refractivity contribution in [1.29, 1.82) is 0 Å². The van der Waals surface area contributed by atoms with E-state index < -0.39 is 0 Å². The quantitative estimate of drug-likeness (QED) is 0.0343. The van der Waals surface area contributed by atoms with Crippen molar-refractivity contribution in [3.63, 3.8) is 0 Å². The lowest BCUT2D eigenvalue weighted by atomic mass is 10.0. The summed E-state index contributed by atoms with van der Waals surface area (Å²) in [5, 5.41) is 21.6. The molecule has 2 heterocycles. The highest BCUT2D eigenvalue weighted by molar-refractivity contribution is 5.95. The lowest BCUT2D eigenvalue weighted by Gasteiger charge is -2.21. The number of aromatic nitrogens is 4. The number of hydrogen-bond acceptors (Lipinski definition) is 10. The summed E-state index contributed by atoms with van der Waals surface area (Å²) >= 11 is 0. The number of benzene rings is 2. The summed E-state index contributed by atoms with van der Waals surface area (Å²) in [6.07, 6.45) is 10.7. The van der Waals surface area contributed by atoms with Gasteiger partial charge in [-0.15, -0.1) is 0 Å². The SMILES string of the molecule is CCCCCCNC(=O)C[C@H](CC(C)C)NC(=O)c1cc(-c2c(OC)cccc2OC)n(C(C)C(C)C)n1.CCCCCCNC(=O)C[C@H](CC(C)C)NC(=O)c1cc(-c2c(OC)cccc2OC)n(CC(C)C)n1. The van der Waals surface area contributed by atoms with Crippen LogP contribution in [0, 0.1) is 23.7 Å². The molecular formula is C59H94N8O8. The van der Waals surface area contributed by atoms with E-state index in [9.17, 15) is 19.2 Å². The Balaban J connectivity index is 0.000000395. The van der Waals surface area contributed by atoms with Crippen LogP contribution in [0.1, 0.15) is 180 Å². The molecule has 0 saturated heterocycles. The van der Waals surface area contributed by atoms with Crippen LogP contribution in [-0.2, 0) is 16.1 Å². The molecule has 0 bridgehead atoms. The third kappa shape index (κ3) is 20.5. The van der Waals surface area contributed by atoms with Gasteiger partial charge >= 0.3 is 0 Å². The van der Waals surface area contributed by atoms with Crippen molar-refractivity contribution in [1.82, 2.24) is 40.8 Å². The van der Waals surface area contributed by atoms with Gasteiger partial charge in [-0.1, -0.05) is 120 Å². The number of nitrogens with zero attached hydrogens (tertiary/aromatic N) is 4. The highest BCUT2D eigenvalue weighted by Gasteiger charge is 2.28. The molecule has 0 aliphatic heterocycles. The van der Waals surface area contributed by atoms with Crippen molar-refractivity contribution in [2.75, 3.05) is 41.5 Å². The molecule has 75 heavy (non-hydrogen) atoms. The number of nitrogens with one attached hydrogen (secondary N) is 4. The maximum Gasteiger partial charge on any atom is 0.272 e. The third-order valence-electron chi connectivity index (χ3n) is 13.0. The van der Waals surface area contributed by atoms with Crippen LogP contribution < -0.4 is 40.2 Å². The Kier molecular flexibility index (Phi) is 27.9. The minimum atomic E-state index is -0.295. The molecule has 0 radical (unpaired) electrons. The Morgan fingerprint density at radius 3 is 1.31 bits per heavy atom. The van der Waals surface area contributed by atoms with Crippen LogP contribution in [0.2, 0.25) is 0 Å². The summed E-state index contributed by atoms with van der Waals surface area (Å²) in [6, 6.07) is 14.2. The van der Waals surface area contributed by atoms with Crippen molar-refractivity contribution < 1.29 is 38.1 Å². The highest BCUT2D eigenvalue weighted by Crippen LogP contribution is 2.41. The van der Waals surface area contributed by atoms with Gasteiger partial charge in [-0.2, -0.15) is 10.2 Å². The lowest BCUT2D eigenvalue weighted by Crippen LogP contribution is -2.40. The number of carbonyl (C=O) groups excluding carboxylic acids is 4. The zero-order valence-electron chi connectivity index (χ0n) is 48.3. The van der Waals surface area contributed by atoms with Gasteiger partial charge in [-0.25, -0.2) is 0 Å². The summed E-state index contributed by atoms with van der Waals surface area (Å²) < 4.78 is 26.2. The Hall–Kier alpha value is -6.06. The van der Waals surface area contributed by atoms with Crippen molar-refractivity contribution in [3.8, 4) is 45.5 Å². The standard InChI is InChI=1S/C30H48N4O4.C29H46N4O4/c1-9-10-11-12-16-31-28(35)18-23(17-20(2)3)32-30(36)24-19-25(34(33-24)22(6)21(4)5)29-26(37-7)14-13-15-27(29)38-8;1-8-9-10-11-15-30-27(34)17-22(16-20(2)3)31-29(35)23-18-24(33(32-23)19-21(4)5)28-25(36-6)13-12-14-26(28)37-7/h13-15,19-23H,9-12,16-18H2,1-8H3,(H,31,35)(H,32,36);12-14,18,20-22H,8-11,15-17,19H2,1-7H3,(H,30,34)(H,31,35)/t22?,23-;22-/m00/s1. The second-order valence-corrected chi connectivity index (χ2v) is 21.2. The maximum absolute atomic E-state index is 13.5. The molecule has 0 spiro atoms. The number of ether oxygens (including phenoxy) is 4. The fourth-order valence-electron chi connectivity index (χ4n) is 8.90. The topological polar surface area (TPSA) is 189 Å². The van der Waals surface area contributed by atoms with E-state index in [-0.39, 0.29) is 60.5 Å². The fourth-order valence-corrected chi connectivity index (χ4v) is 8.90. The van der Waals surface area contributed by atoms with Crippen molar-refractivity contribution in [2.45, 2.75) is 178 Å². The summed E-state index contributed by atoms with van der Waals surface area (Å²) in [6.45, 7) is 25.2. The van der Waals surface area contributed by atoms with Gasteiger partial charge in [-0.05, 0) is 92.7 Å². The number of rotatable bonds is 32. The fraction of sp³-hybridized carbons (Fsp3) is 0.627. The van der Waals surface area contributed by atoms with Gasteiger partial charge in [0, 0.05) is 44.6 Å². The Labute approximate surface area is 449 Å². The highest BCUT2D eigenvalue weighted by atomic mass is 16.5. The van der Waals surface area contributed by atoms with E-state index in [1.54, 1.807) is 40.6 Å². The number of unbranched alkanes of at least 4 members (excludes halogenated alkanes) is 6. The number of methoxy groups -OCH3 is 4. The molecule has 2 aromatic heterocycles. The smallest absolute Gasteiger partial charge is 0.272 e. The molecular weight excluding hydrogens is 949 g/mol. The van der Waals surface area contributed by atoms with E-state index in [4.69, 9.17) is 24.0 Å². The first-order valence-corrected chi connectivity index (χ1v) is 27.6. The van der Waals surface area contributed by atoms with Crippen LogP contribution in [-0.4, -0.2) is 96.8 Å². The molecule has 16 nitrogen and oxygen atoms in total. The van der Waals surface area contributed by atoms with Crippen molar-refractivity contribution in [2.24, 2.45) is 23.7 Å². The van der Waals surface area contributed by atoms with E-state index in [0.717, 1.165) is 61.0 Å². The van der Waals surface area contributed by atoms with Crippen molar-refractivity contribution >= 4 is 23.6 Å². The first kappa shape index (κ1) is 63.2. The summed E-state index contributed by atoms with van der Waals surface area (Å²) in [5.74, 6) is 3.15. The largest absolute Gasteiger partial charge is 0.496 e. The average Bonchev–Trinajstić information content (AvgIpc) is 4.00. The van der Waals surface area contributed by atoms with Crippen LogP contribution in [0.3, 0.4) is 0 Å². The van der Waals surface area contributed by atoms with Crippen LogP contribution in [0.25, 0.3) is 22.5 Å². The van der Waals surface area contributed by atoms with Gasteiger partial charge < -0.3 is 40.2 Å². The van der Waals surface area contributed by atoms with Crippen molar-refractivity contribution in [3.05, 3.63) is 59.9 Å². The summed E-state index contributed by atoms with van der Waals surface area (Å²) in [4.78, 5) is 52.0. The monoisotopic (exact) mass is 1040 g/mol. The molecule has 0 aliphatic carbocycles. The lowest BCUT2D eigenvalue weighted by molar-refractivity contribution is -0.122. The predicted octanol–water partition coefficient (Wildman–Crippen LogP) is 11.5. The van der Waals surface area contributed by atoms with Crippen LogP contribution in [0.15, 0.2) is 48.5 Å². The molecule has 3 atom stereocenters. The molecule has 4 rings (SSSR count). The van der Waals surface area contributed by atoms with Gasteiger partial charge in [0.15, 0.2) is 11.4 Å². The van der Waals surface area contributed by atoms with E-state index in [0.29, 0.717) is 84.6 Å². The molecule has 0 aliphatic rings. The molecule has 16 heteroatoms. The van der Waals surface area contributed by atoms with Gasteiger partial charge in [0.2, 0.25) is 11.8 Å². The first-order valence-electron chi connectivity index (χ1n) is 27.6. The number of carbonyl (C=O) groups is 4. The molecule has 4 amide bonds. The molecule has 418 valence electrons. The predicted molar refractivity (Wildman–Crippen MR) is 301 cm³/mol. The molecule has 1 unspecified atom stereocenters. The van der Waals surface area contributed by atoms with Gasteiger partial charge in [0.1, 0.15) is 23.0 Å². The Morgan fingerprint density at radius 2 is 0.933 bits per heavy atom. The Bertz CT molecular complexity index is 2310.